The first-order chi connectivity index (χ1) is 7.62. The van der Waals surface area contributed by atoms with Gasteiger partial charge in [0.1, 0.15) is 5.60 Å². The van der Waals surface area contributed by atoms with Crippen LogP contribution >= 0.6 is 0 Å². The third-order valence-electron chi connectivity index (χ3n) is 3.52. The number of hydrogen-bond donors (Lipinski definition) is 1. The van der Waals surface area contributed by atoms with Gasteiger partial charge >= 0.3 is 0 Å². The minimum atomic E-state index is -0.849. The molecule has 0 bridgehead atoms. The zero-order chi connectivity index (χ0) is 11.3. The van der Waals surface area contributed by atoms with Crippen molar-refractivity contribution in [2.75, 3.05) is 0 Å². The molecule has 1 unspecified atom stereocenters. The van der Waals surface area contributed by atoms with Gasteiger partial charge in [0.2, 0.25) is 0 Å². The van der Waals surface area contributed by atoms with Crippen molar-refractivity contribution < 1.29 is 5.11 Å². The Hall–Kier alpha value is -1.60. The van der Waals surface area contributed by atoms with Crippen molar-refractivity contribution in [2.45, 2.75) is 19.4 Å². The highest BCUT2D eigenvalue weighted by Crippen LogP contribution is 2.48. The maximum Gasteiger partial charge on any atom is 0.113 e. The molecule has 0 aromatic heterocycles. The third-order valence-corrected chi connectivity index (χ3v) is 3.52. The summed E-state index contributed by atoms with van der Waals surface area (Å²) in [7, 11) is 0. The molecule has 80 valence electrons. The molecule has 1 N–H and O–H groups in total. The van der Waals surface area contributed by atoms with E-state index in [1.54, 1.807) is 0 Å². The highest BCUT2D eigenvalue weighted by atomic mass is 16.3. The number of benzene rings is 2. The summed E-state index contributed by atoms with van der Waals surface area (Å²) in [6.07, 6.45) is 0. The first-order valence-corrected chi connectivity index (χ1v) is 5.54. The summed E-state index contributed by atoms with van der Waals surface area (Å²) < 4.78 is 0. The fourth-order valence-corrected chi connectivity index (χ4v) is 2.70. The Kier molecular flexibility index (Phi) is 1.78. The molecule has 1 aliphatic rings. The van der Waals surface area contributed by atoms with Crippen molar-refractivity contribution in [1.29, 1.82) is 0 Å². The second-order valence-electron chi connectivity index (χ2n) is 4.62. The highest BCUT2D eigenvalue weighted by molar-refractivity contribution is 5.82. The first-order valence-electron chi connectivity index (χ1n) is 5.54. The van der Waals surface area contributed by atoms with Crippen molar-refractivity contribution in [2.24, 2.45) is 0 Å². The van der Waals surface area contributed by atoms with E-state index >= 15 is 0 Å². The third kappa shape index (κ3) is 1.04. The van der Waals surface area contributed by atoms with Crippen LogP contribution in [-0.4, -0.2) is 5.11 Å². The summed E-state index contributed by atoms with van der Waals surface area (Å²) in [6, 6.07) is 14.2. The summed E-state index contributed by atoms with van der Waals surface area (Å²) in [4.78, 5) is 0. The Bertz CT molecular complexity index is 567. The topological polar surface area (TPSA) is 20.2 Å². The van der Waals surface area contributed by atoms with Crippen LogP contribution in [-0.2, 0) is 5.60 Å². The molecule has 16 heavy (non-hydrogen) atoms. The van der Waals surface area contributed by atoms with Gasteiger partial charge in [-0.3, -0.25) is 0 Å². The van der Waals surface area contributed by atoms with Crippen LogP contribution in [0.25, 0.3) is 11.1 Å². The van der Waals surface area contributed by atoms with Gasteiger partial charge in [-0.25, -0.2) is 0 Å². The number of aryl methyl sites for hydroxylation is 1. The molecule has 1 nitrogen and oxygen atoms in total. The number of aliphatic hydroxyl groups is 1. The van der Waals surface area contributed by atoms with Crippen LogP contribution in [0.2, 0.25) is 0 Å². The molecule has 2 aromatic carbocycles. The maximum atomic E-state index is 10.6. The van der Waals surface area contributed by atoms with Crippen molar-refractivity contribution in [3.63, 3.8) is 0 Å². The van der Waals surface area contributed by atoms with Crippen LogP contribution in [0, 0.1) is 6.92 Å². The smallest absolute Gasteiger partial charge is 0.113 e. The Labute approximate surface area is 95.4 Å². The Balaban J connectivity index is 2.45. The molecule has 0 fully saturated rings. The molecule has 0 amide bonds. The number of fused-ring (bicyclic) bond motifs is 3. The molecule has 3 rings (SSSR count). The Morgan fingerprint density at radius 1 is 0.938 bits per heavy atom. The molecule has 0 spiro atoms. The standard InChI is InChI=1S/C15H14O/c1-10-6-5-9-13-14(10)11-7-3-4-8-12(11)15(13,2)16/h3-9,16H,1-2H3. The molecule has 0 aliphatic heterocycles. The summed E-state index contributed by atoms with van der Waals surface area (Å²) in [5.74, 6) is 0. The van der Waals surface area contributed by atoms with E-state index in [9.17, 15) is 5.11 Å². The van der Waals surface area contributed by atoms with Gasteiger partial charge in [-0.2, -0.15) is 0 Å². The Morgan fingerprint density at radius 2 is 1.62 bits per heavy atom. The number of rotatable bonds is 0. The lowest BCUT2D eigenvalue weighted by atomic mass is 9.93. The average molecular weight is 210 g/mol. The van der Waals surface area contributed by atoms with Gasteiger partial charge in [0.05, 0.1) is 0 Å². The van der Waals surface area contributed by atoms with E-state index in [4.69, 9.17) is 0 Å². The fraction of sp³-hybridized carbons (Fsp3) is 0.200. The monoisotopic (exact) mass is 210 g/mol. The quantitative estimate of drug-likeness (QED) is 0.707. The average Bonchev–Trinajstić information content (AvgIpc) is 2.51. The summed E-state index contributed by atoms with van der Waals surface area (Å²) in [5.41, 5.74) is 4.78. The van der Waals surface area contributed by atoms with Gasteiger partial charge in [0, 0.05) is 0 Å². The van der Waals surface area contributed by atoms with E-state index in [-0.39, 0.29) is 0 Å². The molecule has 2 aromatic rings. The minimum absolute atomic E-state index is 0.849. The summed E-state index contributed by atoms with van der Waals surface area (Å²) in [6.45, 7) is 3.97. The molecule has 0 saturated heterocycles. The van der Waals surface area contributed by atoms with Crippen LogP contribution in [0.4, 0.5) is 0 Å². The van der Waals surface area contributed by atoms with Gasteiger partial charge in [-0.15, -0.1) is 0 Å². The zero-order valence-electron chi connectivity index (χ0n) is 9.49. The van der Waals surface area contributed by atoms with Crippen molar-refractivity contribution in [1.82, 2.24) is 0 Å². The predicted octanol–water partition coefficient (Wildman–Crippen LogP) is 3.23. The molecular weight excluding hydrogens is 196 g/mol. The van der Waals surface area contributed by atoms with Crippen LogP contribution in [0.3, 0.4) is 0 Å². The highest BCUT2D eigenvalue weighted by Gasteiger charge is 2.37. The van der Waals surface area contributed by atoms with E-state index in [0.29, 0.717) is 0 Å². The summed E-state index contributed by atoms with van der Waals surface area (Å²) >= 11 is 0. The lowest BCUT2D eigenvalue weighted by molar-refractivity contribution is 0.107. The van der Waals surface area contributed by atoms with Crippen LogP contribution in [0.15, 0.2) is 42.5 Å². The van der Waals surface area contributed by atoms with Gasteiger partial charge in [0.25, 0.3) is 0 Å². The largest absolute Gasteiger partial charge is 0.381 e. The Morgan fingerprint density at radius 3 is 2.44 bits per heavy atom. The maximum absolute atomic E-state index is 10.6. The lowest BCUT2D eigenvalue weighted by Crippen LogP contribution is -2.19. The normalized spacial score (nSPS) is 21.7. The van der Waals surface area contributed by atoms with Crippen molar-refractivity contribution in [3.8, 4) is 11.1 Å². The SMILES string of the molecule is Cc1cccc2c1-c1ccccc1C2(C)O. The van der Waals surface area contributed by atoms with E-state index < -0.39 is 5.60 Å². The van der Waals surface area contributed by atoms with Gasteiger partial charge < -0.3 is 5.11 Å². The van der Waals surface area contributed by atoms with Crippen LogP contribution < -0.4 is 0 Å². The van der Waals surface area contributed by atoms with Crippen molar-refractivity contribution >= 4 is 0 Å². The minimum Gasteiger partial charge on any atom is -0.381 e. The second-order valence-corrected chi connectivity index (χ2v) is 4.62. The molecule has 1 atom stereocenters. The van der Waals surface area contributed by atoms with E-state index in [1.807, 2.05) is 37.3 Å². The molecule has 0 heterocycles. The van der Waals surface area contributed by atoms with Crippen LogP contribution in [0.5, 0.6) is 0 Å². The van der Waals surface area contributed by atoms with Gasteiger partial charge in [-0.05, 0) is 41.7 Å². The van der Waals surface area contributed by atoms with E-state index in [2.05, 4.69) is 19.1 Å². The molecule has 1 aliphatic carbocycles. The van der Waals surface area contributed by atoms with Crippen molar-refractivity contribution in [3.05, 3.63) is 59.2 Å². The predicted molar refractivity (Wildman–Crippen MR) is 65.3 cm³/mol. The lowest BCUT2D eigenvalue weighted by Gasteiger charge is -2.19. The van der Waals surface area contributed by atoms with Crippen LogP contribution in [0.1, 0.15) is 23.6 Å². The number of hydrogen-bond acceptors (Lipinski definition) is 1. The molecule has 1 heteroatoms. The fourth-order valence-electron chi connectivity index (χ4n) is 2.70. The second kappa shape index (κ2) is 2.96. The first kappa shape index (κ1) is 9.61. The molecule has 0 radical (unpaired) electrons. The van der Waals surface area contributed by atoms with E-state index in [1.165, 1.54) is 16.7 Å². The van der Waals surface area contributed by atoms with Gasteiger partial charge in [-0.1, -0.05) is 42.5 Å². The van der Waals surface area contributed by atoms with Gasteiger partial charge in [0.15, 0.2) is 0 Å². The molecular formula is C15H14O. The van der Waals surface area contributed by atoms with E-state index in [0.717, 1.165) is 11.1 Å². The molecule has 0 saturated carbocycles. The summed E-state index contributed by atoms with van der Waals surface area (Å²) in [5, 5.41) is 10.6. The zero-order valence-corrected chi connectivity index (χ0v) is 9.49.